The van der Waals surface area contributed by atoms with Crippen LogP contribution in [0.15, 0.2) is 17.8 Å². The molecule has 0 atom stereocenters. The molecule has 0 unspecified atom stereocenters. The minimum atomic E-state index is -1.42. The fourth-order valence-corrected chi connectivity index (χ4v) is 1.72. The number of nitro groups is 1. The molecule has 0 saturated carbocycles. The van der Waals surface area contributed by atoms with Gasteiger partial charge in [-0.25, -0.2) is 4.79 Å². The number of ether oxygens (including phenoxy) is 2. The number of hydrogen-bond acceptors (Lipinski definition) is 6. The van der Waals surface area contributed by atoms with E-state index in [-0.39, 0.29) is 29.5 Å². The fraction of sp³-hybridized carbons (Fsp3) is 0.167. The molecule has 1 aromatic carbocycles. The number of carboxylic acid groups (broad SMARTS) is 1. The van der Waals surface area contributed by atoms with Gasteiger partial charge >= 0.3 is 5.97 Å². The average molecular weight is 294 g/mol. The lowest BCUT2D eigenvalue weighted by Crippen LogP contribution is -2.24. The first kappa shape index (κ1) is 14.3. The Bertz CT molecular complexity index is 666. The average Bonchev–Trinajstić information content (AvgIpc) is 2.83. The van der Waals surface area contributed by atoms with E-state index in [9.17, 15) is 19.7 Å². The molecule has 1 aromatic rings. The van der Waals surface area contributed by atoms with E-state index in [1.807, 2.05) is 0 Å². The summed E-state index contributed by atoms with van der Waals surface area (Å²) in [5, 5.41) is 22.1. The number of benzene rings is 1. The van der Waals surface area contributed by atoms with Crippen LogP contribution in [0.1, 0.15) is 12.5 Å². The Morgan fingerprint density at radius 3 is 2.52 bits per heavy atom. The van der Waals surface area contributed by atoms with Crippen molar-refractivity contribution in [1.29, 1.82) is 0 Å². The first-order valence-corrected chi connectivity index (χ1v) is 5.69. The van der Waals surface area contributed by atoms with Gasteiger partial charge in [0.2, 0.25) is 12.7 Å². The third-order valence-corrected chi connectivity index (χ3v) is 2.56. The smallest absolute Gasteiger partial charge is 0.352 e. The fourth-order valence-electron chi connectivity index (χ4n) is 1.72. The maximum absolute atomic E-state index is 11.0. The molecule has 110 valence electrons. The van der Waals surface area contributed by atoms with E-state index in [4.69, 9.17) is 14.6 Å². The number of carboxylic acids is 1. The lowest BCUT2D eigenvalue weighted by molar-refractivity contribution is -0.385. The molecule has 9 nitrogen and oxygen atoms in total. The van der Waals surface area contributed by atoms with Gasteiger partial charge < -0.3 is 19.9 Å². The van der Waals surface area contributed by atoms with E-state index in [2.05, 4.69) is 5.32 Å². The van der Waals surface area contributed by atoms with Crippen molar-refractivity contribution in [3.63, 3.8) is 0 Å². The number of nitrogens with one attached hydrogen (secondary N) is 1. The molecule has 1 aliphatic rings. The first-order valence-electron chi connectivity index (χ1n) is 5.69. The predicted octanol–water partition coefficient (Wildman–Crippen LogP) is 0.885. The highest BCUT2D eigenvalue weighted by Gasteiger charge is 2.23. The van der Waals surface area contributed by atoms with Crippen LogP contribution in [0.4, 0.5) is 5.69 Å². The Kier molecular flexibility index (Phi) is 3.74. The van der Waals surface area contributed by atoms with Gasteiger partial charge in [0.15, 0.2) is 11.5 Å². The van der Waals surface area contributed by atoms with Crippen molar-refractivity contribution in [2.75, 3.05) is 6.79 Å². The number of nitro benzene ring substituents is 1. The van der Waals surface area contributed by atoms with E-state index >= 15 is 0 Å². The highest BCUT2D eigenvalue weighted by atomic mass is 16.7. The van der Waals surface area contributed by atoms with E-state index in [0.29, 0.717) is 0 Å². The summed E-state index contributed by atoms with van der Waals surface area (Å²) in [4.78, 5) is 32.4. The Morgan fingerprint density at radius 2 is 2.00 bits per heavy atom. The zero-order valence-corrected chi connectivity index (χ0v) is 10.8. The van der Waals surface area contributed by atoms with Crippen LogP contribution in [0.5, 0.6) is 11.5 Å². The summed E-state index contributed by atoms with van der Waals surface area (Å²) in [5.74, 6) is -1.56. The van der Waals surface area contributed by atoms with Gasteiger partial charge in [-0.05, 0) is 12.1 Å². The summed E-state index contributed by atoms with van der Waals surface area (Å²) in [6, 6.07) is 2.42. The molecule has 0 spiro atoms. The van der Waals surface area contributed by atoms with Crippen LogP contribution < -0.4 is 14.8 Å². The van der Waals surface area contributed by atoms with Gasteiger partial charge in [0.1, 0.15) is 5.70 Å². The molecule has 2 rings (SSSR count). The van der Waals surface area contributed by atoms with E-state index < -0.39 is 22.5 Å². The van der Waals surface area contributed by atoms with Gasteiger partial charge in [-0.15, -0.1) is 0 Å². The summed E-state index contributed by atoms with van der Waals surface area (Å²) in [5.41, 5.74) is -0.858. The van der Waals surface area contributed by atoms with Crippen LogP contribution in [0.2, 0.25) is 0 Å². The molecule has 1 amide bonds. The second kappa shape index (κ2) is 5.49. The van der Waals surface area contributed by atoms with Gasteiger partial charge in [0, 0.05) is 6.92 Å². The van der Waals surface area contributed by atoms with E-state index in [1.54, 1.807) is 0 Å². The second-order valence-corrected chi connectivity index (χ2v) is 4.07. The summed E-state index contributed by atoms with van der Waals surface area (Å²) in [7, 11) is 0. The molecule has 0 radical (unpaired) electrons. The van der Waals surface area contributed by atoms with Crippen molar-refractivity contribution in [3.05, 3.63) is 33.5 Å². The van der Waals surface area contributed by atoms with Crippen molar-refractivity contribution in [2.24, 2.45) is 0 Å². The lowest BCUT2D eigenvalue weighted by Gasteiger charge is -2.05. The van der Waals surface area contributed by atoms with Crippen LogP contribution in [-0.4, -0.2) is 28.7 Å². The number of amides is 1. The van der Waals surface area contributed by atoms with Crippen molar-refractivity contribution in [2.45, 2.75) is 6.92 Å². The van der Waals surface area contributed by atoms with E-state index in [1.165, 1.54) is 6.07 Å². The number of fused-ring (bicyclic) bond motifs is 1. The van der Waals surface area contributed by atoms with Gasteiger partial charge in [0.25, 0.3) is 5.69 Å². The Hall–Kier alpha value is -3.10. The molecule has 2 N–H and O–H groups in total. The zero-order valence-electron chi connectivity index (χ0n) is 10.8. The molecule has 0 saturated heterocycles. The Labute approximate surface area is 117 Å². The molecule has 0 aromatic heterocycles. The number of nitrogens with zero attached hydrogens (tertiary/aromatic N) is 1. The third kappa shape index (κ3) is 3.08. The topological polar surface area (TPSA) is 128 Å². The lowest BCUT2D eigenvalue weighted by atomic mass is 10.1. The number of rotatable bonds is 4. The largest absolute Gasteiger partial charge is 0.477 e. The maximum Gasteiger partial charge on any atom is 0.352 e. The van der Waals surface area contributed by atoms with Crippen molar-refractivity contribution < 1.29 is 29.1 Å². The Morgan fingerprint density at radius 1 is 1.38 bits per heavy atom. The van der Waals surface area contributed by atoms with Crippen LogP contribution in [0.25, 0.3) is 6.08 Å². The third-order valence-electron chi connectivity index (χ3n) is 2.56. The maximum atomic E-state index is 11.0. The summed E-state index contributed by atoms with van der Waals surface area (Å²) >= 11 is 0. The normalized spacial score (nSPS) is 12.9. The molecule has 0 fully saturated rings. The molecule has 9 heteroatoms. The molecule has 0 bridgehead atoms. The quantitative estimate of drug-likeness (QED) is 0.479. The predicted molar refractivity (Wildman–Crippen MR) is 68.6 cm³/mol. The second-order valence-electron chi connectivity index (χ2n) is 4.07. The van der Waals surface area contributed by atoms with Crippen molar-refractivity contribution in [1.82, 2.24) is 5.32 Å². The number of carbonyl (C=O) groups is 2. The highest BCUT2D eigenvalue weighted by Crippen LogP contribution is 2.38. The van der Waals surface area contributed by atoms with Gasteiger partial charge in [-0.1, -0.05) is 0 Å². The zero-order chi connectivity index (χ0) is 15.6. The molecular formula is C12H10N2O7. The summed E-state index contributed by atoms with van der Waals surface area (Å²) in [6.07, 6.45) is 0.990. The minimum absolute atomic E-state index is 0.0181. The molecule has 21 heavy (non-hydrogen) atoms. The van der Waals surface area contributed by atoms with Crippen molar-refractivity contribution >= 4 is 23.6 Å². The van der Waals surface area contributed by atoms with Gasteiger partial charge in [-0.2, -0.15) is 0 Å². The van der Waals surface area contributed by atoms with Crippen LogP contribution in [0.3, 0.4) is 0 Å². The van der Waals surface area contributed by atoms with Crippen LogP contribution in [0, 0.1) is 10.1 Å². The van der Waals surface area contributed by atoms with Crippen molar-refractivity contribution in [3.8, 4) is 11.5 Å². The molecule has 1 heterocycles. The standard InChI is InChI=1S/C12H10N2O7/c1-6(15)13-8(12(16)17)2-7-3-10-11(21-5-20-10)4-9(7)14(18)19/h2-4H,5H2,1H3,(H,13,15)(H,16,17). The van der Waals surface area contributed by atoms with Crippen LogP contribution >= 0.6 is 0 Å². The molecule has 0 aliphatic carbocycles. The minimum Gasteiger partial charge on any atom is -0.477 e. The Balaban J connectivity index is 2.53. The van der Waals surface area contributed by atoms with Crippen LogP contribution in [-0.2, 0) is 9.59 Å². The molecule has 1 aliphatic heterocycles. The SMILES string of the molecule is CC(=O)NC(=Cc1cc2c(cc1[N+](=O)[O-])OCO2)C(=O)O. The molecular weight excluding hydrogens is 284 g/mol. The number of carbonyl (C=O) groups excluding carboxylic acids is 1. The first-order chi connectivity index (χ1) is 9.88. The van der Waals surface area contributed by atoms with Gasteiger partial charge in [-0.3, -0.25) is 14.9 Å². The van der Waals surface area contributed by atoms with Gasteiger partial charge in [0.05, 0.1) is 16.6 Å². The monoisotopic (exact) mass is 294 g/mol. The van der Waals surface area contributed by atoms with E-state index in [0.717, 1.165) is 19.1 Å². The number of hydrogen-bond donors (Lipinski definition) is 2. The number of aliphatic carboxylic acids is 1. The summed E-state index contributed by atoms with van der Waals surface area (Å²) in [6.45, 7) is 1.06. The highest BCUT2D eigenvalue weighted by molar-refractivity contribution is 5.97. The summed E-state index contributed by atoms with van der Waals surface area (Å²) < 4.78 is 10.1.